The van der Waals surface area contributed by atoms with Crippen LogP contribution in [0, 0.1) is 11.3 Å². The molecule has 0 atom stereocenters. The van der Waals surface area contributed by atoms with Gasteiger partial charge < -0.3 is 4.57 Å². The Hall–Kier alpha value is -2.92. The summed E-state index contributed by atoms with van der Waals surface area (Å²) in [5, 5.41) is 11.2. The van der Waals surface area contributed by atoms with E-state index in [1.807, 2.05) is 23.6 Å². The second-order valence-corrected chi connectivity index (χ2v) is 6.12. The smallest absolute Gasteiger partial charge is 0.310 e. The van der Waals surface area contributed by atoms with E-state index in [-0.39, 0.29) is 12.1 Å². The zero-order valence-electron chi connectivity index (χ0n) is 12.6. The van der Waals surface area contributed by atoms with Gasteiger partial charge in [-0.05, 0) is 29.1 Å². The van der Waals surface area contributed by atoms with Crippen molar-refractivity contribution in [1.29, 1.82) is 5.26 Å². The maximum atomic E-state index is 12.5. The molecule has 0 saturated carbocycles. The van der Waals surface area contributed by atoms with Crippen LogP contribution in [0.4, 0.5) is 13.2 Å². The van der Waals surface area contributed by atoms with Crippen molar-refractivity contribution in [3.63, 3.8) is 0 Å². The number of rotatable bonds is 3. The SMILES string of the molecule is N#Cc1c(-c2cccs2)ccn(Cc2ccc(C(F)(F)F)nc2)c1=O. The average Bonchev–Trinajstić information content (AvgIpc) is 3.10. The maximum Gasteiger partial charge on any atom is 0.433 e. The number of alkyl halides is 3. The molecule has 0 aromatic carbocycles. The van der Waals surface area contributed by atoms with Crippen LogP contribution in [0.3, 0.4) is 0 Å². The molecular formula is C17H10F3N3OS. The van der Waals surface area contributed by atoms with Crippen molar-refractivity contribution in [1.82, 2.24) is 9.55 Å². The third-order valence-corrected chi connectivity index (χ3v) is 4.43. The second kappa shape index (κ2) is 6.53. The van der Waals surface area contributed by atoms with Gasteiger partial charge in [0.25, 0.3) is 5.56 Å². The van der Waals surface area contributed by atoms with Gasteiger partial charge in [0.05, 0.1) is 6.54 Å². The number of hydrogen-bond donors (Lipinski definition) is 0. The first-order valence-electron chi connectivity index (χ1n) is 7.09. The highest BCUT2D eigenvalue weighted by Gasteiger charge is 2.32. The Morgan fingerprint density at radius 1 is 1.24 bits per heavy atom. The van der Waals surface area contributed by atoms with Gasteiger partial charge in [-0.25, -0.2) is 0 Å². The van der Waals surface area contributed by atoms with Gasteiger partial charge in [-0.1, -0.05) is 12.1 Å². The summed E-state index contributed by atoms with van der Waals surface area (Å²) < 4.78 is 38.9. The van der Waals surface area contributed by atoms with Gasteiger partial charge in [0.1, 0.15) is 17.3 Å². The van der Waals surface area contributed by atoms with E-state index in [0.717, 1.165) is 17.1 Å². The highest BCUT2D eigenvalue weighted by Crippen LogP contribution is 2.28. The number of halogens is 3. The van der Waals surface area contributed by atoms with Gasteiger partial charge >= 0.3 is 6.18 Å². The molecule has 0 bridgehead atoms. The number of thiophene rings is 1. The molecule has 0 spiro atoms. The summed E-state index contributed by atoms with van der Waals surface area (Å²) in [5.74, 6) is 0. The van der Waals surface area contributed by atoms with Crippen LogP contribution in [0.2, 0.25) is 0 Å². The summed E-state index contributed by atoms with van der Waals surface area (Å²) in [6.07, 6.45) is -1.91. The Kier molecular flexibility index (Phi) is 4.42. The molecule has 3 heterocycles. The lowest BCUT2D eigenvalue weighted by Gasteiger charge is -2.10. The van der Waals surface area contributed by atoms with E-state index in [4.69, 9.17) is 0 Å². The molecule has 0 aliphatic heterocycles. The Morgan fingerprint density at radius 2 is 2.04 bits per heavy atom. The van der Waals surface area contributed by atoms with Crippen LogP contribution < -0.4 is 5.56 Å². The van der Waals surface area contributed by atoms with Crippen molar-refractivity contribution in [3.8, 4) is 16.5 Å². The first kappa shape index (κ1) is 16.9. The van der Waals surface area contributed by atoms with E-state index in [1.165, 1.54) is 28.2 Å². The second-order valence-electron chi connectivity index (χ2n) is 5.18. The topological polar surface area (TPSA) is 58.7 Å². The molecule has 0 amide bonds. The lowest BCUT2D eigenvalue weighted by Crippen LogP contribution is -2.23. The van der Waals surface area contributed by atoms with Crippen LogP contribution in [0.15, 0.2) is 52.9 Å². The Bertz CT molecular complexity index is 984. The molecule has 0 saturated heterocycles. The Balaban J connectivity index is 1.94. The van der Waals surface area contributed by atoms with Crippen LogP contribution in [0.5, 0.6) is 0 Å². The van der Waals surface area contributed by atoms with Crippen LogP contribution in [0.1, 0.15) is 16.8 Å². The molecule has 0 aliphatic rings. The summed E-state index contributed by atoms with van der Waals surface area (Å²) >= 11 is 1.41. The predicted octanol–water partition coefficient (Wildman–Crippen LogP) is 3.91. The van der Waals surface area contributed by atoms with Gasteiger partial charge in [0.15, 0.2) is 0 Å². The van der Waals surface area contributed by atoms with Crippen molar-refractivity contribution >= 4 is 11.3 Å². The summed E-state index contributed by atoms with van der Waals surface area (Å²) in [6, 6.07) is 9.33. The third kappa shape index (κ3) is 3.46. The molecule has 0 fully saturated rings. The van der Waals surface area contributed by atoms with Gasteiger partial charge in [-0.3, -0.25) is 9.78 Å². The van der Waals surface area contributed by atoms with Crippen LogP contribution in [-0.4, -0.2) is 9.55 Å². The summed E-state index contributed by atoms with van der Waals surface area (Å²) in [4.78, 5) is 16.7. The van der Waals surface area contributed by atoms with Gasteiger partial charge in [-0.15, -0.1) is 11.3 Å². The van der Waals surface area contributed by atoms with Crippen molar-refractivity contribution in [2.24, 2.45) is 0 Å². The van der Waals surface area contributed by atoms with Gasteiger partial charge in [-0.2, -0.15) is 18.4 Å². The molecular weight excluding hydrogens is 351 g/mol. The molecule has 8 heteroatoms. The van der Waals surface area contributed by atoms with E-state index in [0.29, 0.717) is 11.1 Å². The molecule has 3 rings (SSSR count). The number of pyridine rings is 2. The van der Waals surface area contributed by atoms with Crippen molar-refractivity contribution in [3.05, 3.63) is 75.3 Å². The first-order chi connectivity index (χ1) is 11.9. The number of nitriles is 1. The number of aromatic nitrogens is 2. The molecule has 0 N–H and O–H groups in total. The average molecular weight is 361 g/mol. The summed E-state index contributed by atoms with van der Waals surface area (Å²) in [5.41, 5.74) is -0.500. The Labute approximate surface area is 144 Å². The van der Waals surface area contributed by atoms with E-state index in [2.05, 4.69) is 4.98 Å². The van der Waals surface area contributed by atoms with Crippen molar-refractivity contribution in [2.75, 3.05) is 0 Å². The lowest BCUT2D eigenvalue weighted by molar-refractivity contribution is -0.141. The van der Waals surface area contributed by atoms with Gasteiger partial charge in [0, 0.05) is 22.8 Å². The molecule has 3 aromatic heterocycles. The fourth-order valence-electron chi connectivity index (χ4n) is 2.33. The minimum atomic E-state index is -4.51. The standard InChI is InChI=1S/C17H10F3N3OS/c18-17(19,20)15-4-3-11(9-22-15)10-23-6-5-12(13(8-21)16(23)24)14-2-1-7-25-14/h1-7,9H,10H2. The number of hydrogen-bond acceptors (Lipinski definition) is 4. The summed E-state index contributed by atoms with van der Waals surface area (Å²) in [6.45, 7) is 0.0311. The quantitative estimate of drug-likeness (QED) is 0.711. The fraction of sp³-hybridized carbons (Fsp3) is 0.118. The largest absolute Gasteiger partial charge is 0.433 e. The zero-order chi connectivity index (χ0) is 18.0. The van der Waals surface area contributed by atoms with Crippen molar-refractivity contribution < 1.29 is 13.2 Å². The molecule has 0 unspecified atom stereocenters. The molecule has 0 radical (unpaired) electrons. The fourth-order valence-corrected chi connectivity index (χ4v) is 3.08. The highest BCUT2D eigenvalue weighted by molar-refractivity contribution is 7.13. The van der Waals surface area contributed by atoms with E-state index >= 15 is 0 Å². The maximum absolute atomic E-state index is 12.5. The normalized spacial score (nSPS) is 11.3. The van der Waals surface area contributed by atoms with Crippen LogP contribution >= 0.6 is 11.3 Å². The van der Waals surface area contributed by atoms with E-state index in [9.17, 15) is 23.2 Å². The molecule has 4 nitrogen and oxygen atoms in total. The molecule has 0 aliphatic carbocycles. The molecule has 126 valence electrons. The van der Waals surface area contributed by atoms with Crippen LogP contribution in [0.25, 0.3) is 10.4 Å². The van der Waals surface area contributed by atoms with Crippen LogP contribution in [-0.2, 0) is 12.7 Å². The van der Waals surface area contributed by atoms with E-state index < -0.39 is 17.4 Å². The lowest BCUT2D eigenvalue weighted by atomic mass is 10.1. The minimum absolute atomic E-state index is 0.00446. The monoisotopic (exact) mass is 361 g/mol. The number of nitrogens with zero attached hydrogens (tertiary/aromatic N) is 3. The first-order valence-corrected chi connectivity index (χ1v) is 7.97. The summed E-state index contributed by atoms with van der Waals surface area (Å²) in [7, 11) is 0. The predicted molar refractivity (Wildman–Crippen MR) is 87.1 cm³/mol. The van der Waals surface area contributed by atoms with E-state index in [1.54, 1.807) is 6.07 Å². The Morgan fingerprint density at radius 3 is 2.60 bits per heavy atom. The third-order valence-electron chi connectivity index (χ3n) is 3.53. The molecule has 3 aromatic rings. The zero-order valence-corrected chi connectivity index (χ0v) is 13.4. The van der Waals surface area contributed by atoms with Gasteiger partial charge in [0.2, 0.25) is 0 Å². The minimum Gasteiger partial charge on any atom is -0.310 e. The van der Waals surface area contributed by atoms with Crippen molar-refractivity contribution in [2.45, 2.75) is 12.7 Å². The molecule has 25 heavy (non-hydrogen) atoms. The highest BCUT2D eigenvalue weighted by atomic mass is 32.1.